The highest BCUT2D eigenvalue weighted by Gasteiger charge is 2.25. The molecule has 0 N–H and O–H groups in total. The minimum absolute atomic E-state index is 0.00666. The summed E-state index contributed by atoms with van der Waals surface area (Å²) in [5.41, 5.74) is -0.588. The Labute approximate surface area is 163 Å². The Hall–Kier alpha value is -1.83. The van der Waals surface area contributed by atoms with Crippen LogP contribution in [0.1, 0.15) is 41.0 Å². The van der Waals surface area contributed by atoms with E-state index in [1.165, 1.54) is 4.90 Å². The van der Waals surface area contributed by atoms with E-state index in [-0.39, 0.29) is 18.4 Å². The molecule has 0 atom stereocenters. The maximum absolute atomic E-state index is 12.5. The lowest BCUT2D eigenvalue weighted by Crippen LogP contribution is -2.45. The zero-order chi connectivity index (χ0) is 20.6. The molecule has 27 heavy (non-hydrogen) atoms. The number of hydrogen-bond acceptors (Lipinski definition) is 5. The largest absolute Gasteiger partial charge is 0.444 e. The zero-order valence-electron chi connectivity index (χ0n) is 17.8. The van der Waals surface area contributed by atoms with Gasteiger partial charge in [-0.25, -0.2) is 4.79 Å². The summed E-state index contributed by atoms with van der Waals surface area (Å²) in [5.74, 6) is 0.0321. The number of amides is 3. The van der Waals surface area contributed by atoms with E-state index in [2.05, 4.69) is 4.90 Å². The quantitative estimate of drug-likeness (QED) is 0.689. The third-order valence-corrected chi connectivity index (χ3v) is 4.49. The molecule has 8 heteroatoms. The van der Waals surface area contributed by atoms with Crippen molar-refractivity contribution in [1.29, 1.82) is 0 Å². The van der Waals surface area contributed by atoms with Crippen LogP contribution in [-0.2, 0) is 14.3 Å². The second-order valence-corrected chi connectivity index (χ2v) is 7.91. The molecule has 1 aliphatic heterocycles. The molecule has 0 aromatic carbocycles. The predicted octanol–water partition coefficient (Wildman–Crippen LogP) is 1.26. The first-order valence-electron chi connectivity index (χ1n) is 9.79. The van der Waals surface area contributed by atoms with Crippen molar-refractivity contribution in [2.45, 2.75) is 46.6 Å². The van der Waals surface area contributed by atoms with Crippen molar-refractivity contribution in [3.05, 3.63) is 0 Å². The van der Waals surface area contributed by atoms with E-state index in [1.807, 2.05) is 18.7 Å². The summed E-state index contributed by atoms with van der Waals surface area (Å²) in [6.07, 6.45) is 0.310. The van der Waals surface area contributed by atoms with Gasteiger partial charge in [-0.1, -0.05) is 0 Å². The number of carbonyl (C=O) groups excluding carboxylic acids is 3. The van der Waals surface area contributed by atoms with Crippen molar-refractivity contribution in [2.75, 3.05) is 59.4 Å². The van der Waals surface area contributed by atoms with E-state index in [9.17, 15) is 14.4 Å². The fourth-order valence-corrected chi connectivity index (χ4v) is 2.95. The van der Waals surface area contributed by atoms with Gasteiger partial charge in [-0.15, -0.1) is 0 Å². The Morgan fingerprint density at radius 2 is 1.63 bits per heavy atom. The molecule has 0 bridgehead atoms. The summed E-state index contributed by atoms with van der Waals surface area (Å²) < 4.78 is 5.28. The molecule has 0 radical (unpaired) electrons. The fourth-order valence-electron chi connectivity index (χ4n) is 2.95. The monoisotopic (exact) mass is 384 g/mol. The summed E-state index contributed by atoms with van der Waals surface area (Å²) >= 11 is 0. The van der Waals surface area contributed by atoms with Gasteiger partial charge < -0.3 is 19.4 Å². The number of carbonyl (C=O) groups is 3. The van der Waals surface area contributed by atoms with Crippen molar-refractivity contribution in [3.8, 4) is 0 Å². The van der Waals surface area contributed by atoms with Crippen LogP contribution in [0, 0.1) is 0 Å². The lowest BCUT2D eigenvalue weighted by Gasteiger charge is -2.27. The van der Waals surface area contributed by atoms with Crippen LogP contribution in [0.3, 0.4) is 0 Å². The van der Waals surface area contributed by atoms with Gasteiger partial charge in [0.15, 0.2) is 0 Å². The van der Waals surface area contributed by atoms with Crippen LogP contribution in [0.4, 0.5) is 4.79 Å². The molecule has 0 unspecified atom stereocenters. The molecule has 1 fully saturated rings. The van der Waals surface area contributed by atoms with Gasteiger partial charge >= 0.3 is 6.09 Å². The first kappa shape index (κ1) is 23.2. The normalized spacial score (nSPS) is 15.9. The number of ether oxygens (including phenoxy) is 1. The smallest absolute Gasteiger partial charge is 0.410 e. The highest BCUT2D eigenvalue weighted by atomic mass is 16.6. The molecule has 1 aliphatic rings. The first-order chi connectivity index (χ1) is 12.6. The molecule has 0 saturated carbocycles. The van der Waals surface area contributed by atoms with Crippen LogP contribution >= 0.6 is 0 Å². The summed E-state index contributed by atoms with van der Waals surface area (Å²) in [5, 5.41) is 0. The molecule has 3 amide bonds. The Bertz CT molecular complexity index is 514. The van der Waals surface area contributed by atoms with E-state index < -0.39 is 11.7 Å². The predicted molar refractivity (Wildman–Crippen MR) is 104 cm³/mol. The second kappa shape index (κ2) is 10.5. The second-order valence-electron chi connectivity index (χ2n) is 7.91. The number of nitrogens with zero attached hydrogens (tertiary/aromatic N) is 4. The minimum Gasteiger partial charge on any atom is -0.444 e. The Morgan fingerprint density at radius 3 is 2.19 bits per heavy atom. The van der Waals surface area contributed by atoms with E-state index >= 15 is 0 Å². The molecule has 1 saturated heterocycles. The van der Waals surface area contributed by atoms with Crippen molar-refractivity contribution in [3.63, 3.8) is 0 Å². The fraction of sp³-hybridized carbons (Fsp3) is 0.842. The SMILES string of the molecule is CCN(CC)C(=O)CN1CCCN(C(=O)CN(C)C(=O)OC(C)(C)C)CC1. The summed E-state index contributed by atoms with van der Waals surface area (Å²) in [7, 11) is 1.57. The van der Waals surface area contributed by atoms with E-state index in [0.29, 0.717) is 39.3 Å². The van der Waals surface area contributed by atoms with Gasteiger partial charge in [-0.3, -0.25) is 14.5 Å². The molecule has 1 rings (SSSR count). The Kier molecular flexibility index (Phi) is 9.02. The maximum Gasteiger partial charge on any atom is 0.410 e. The molecule has 1 heterocycles. The van der Waals surface area contributed by atoms with Crippen LogP contribution in [0.2, 0.25) is 0 Å². The third-order valence-electron chi connectivity index (χ3n) is 4.49. The van der Waals surface area contributed by atoms with Gasteiger partial charge in [0.25, 0.3) is 0 Å². The Morgan fingerprint density at radius 1 is 1.00 bits per heavy atom. The van der Waals surface area contributed by atoms with Crippen molar-refractivity contribution < 1.29 is 19.1 Å². The topological polar surface area (TPSA) is 73.4 Å². The molecule has 0 aliphatic carbocycles. The lowest BCUT2D eigenvalue weighted by molar-refractivity contribution is -0.132. The average molecular weight is 385 g/mol. The molecule has 0 aromatic heterocycles. The number of likely N-dealkylation sites (N-methyl/N-ethyl adjacent to an activating group) is 2. The highest BCUT2D eigenvalue weighted by Crippen LogP contribution is 2.10. The van der Waals surface area contributed by atoms with Gasteiger partial charge in [-0.2, -0.15) is 0 Å². The molecular weight excluding hydrogens is 348 g/mol. The van der Waals surface area contributed by atoms with Gasteiger partial charge in [0.05, 0.1) is 6.54 Å². The number of hydrogen-bond donors (Lipinski definition) is 0. The third kappa shape index (κ3) is 8.15. The first-order valence-corrected chi connectivity index (χ1v) is 9.79. The molecular formula is C19H36N4O4. The Balaban J connectivity index is 2.50. The van der Waals surface area contributed by atoms with Crippen LogP contribution in [0.5, 0.6) is 0 Å². The van der Waals surface area contributed by atoms with Gasteiger partial charge in [0.1, 0.15) is 12.1 Å². The summed E-state index contributed by atoms with van der Waals surface area (Å²) in [6.45, 7) is 13.8. The average Bonchev–Trinajstić information content (AvgIpc) is 2.80. The van der Waals surface area contributed by atoms with Crippen LogP contribution < -0.4 is 0 Å². The van der Waals surface area contributed by atoms with Crippen LogP contribution in [0.15, 0.2) is 0 Å². The van der Waals surface area contributed by atoms with Crippen LogP contribution in [0.25, 0.3) is 0 Å². The molecule has 8 nitrogen and oxygen atoms in total. The van der Waals surface area contributed by atoms with Gasteiger partial charge in [0, 0.05) is 46.3 Å². The van der Waals surface area contributed by atoms with Gasteiger partial charge in [-0.05, 0) is 41.0 Å². The number of rotatable bonds is 6. The summed E-state index contributed by atoms with van der Waals surface area (Å²) in [6, 6.07) is 0. The van der Waals surface area contributed by atoms with E-state index in [4.69, 9.17) is 4.74 Å². The molecule has 156 valence electrons. The van der Waals surface area contributed by atoms with Crippen molar-refractivity contribution >= 4 is 17.9 Å². The minimum atomic E-state index is -0.588. The van der Waals surface area contributed by atoms with Gasteiger partial charge in [0.2, 0.25) is 11.8 Å². The van der Waals surface area contributed by atoms with Crippen LogP contribution in [-0.4, -0.2) is 103 Å². The van der Waals surface area contributed by atoms with E-state index in [0.717, 1.165) is 13.0 Å². The highest BCUT2D eigenvalue weighted by molar-refractivity contribution is 5.82. The standard InChI is InChI=1S/C19H36N4O4/c1-7-22(8-2)17(25)15-21-10-9-11-23(13-12-21)16(24)14-20(6)18(26)27-19(3,4)5/h7-15H2,1-6H3. The summed E-state index contributed by atoms with van der Waals surface area (Å²) in [4.78, 5) is 43.8. The maximum atomic E-state index is 12.5. The lowest BCUT2D eigenvalue weighted by atomic mass is 10.2. The van der Waals surface area contributed by atoms with Crippen molar-refractivity contribution in [1.82, 2.24) is 19.6 Å². The van der Waals surface area contributed by atoms with Crippen molar-refractivity contribution in [2.24, 2.45) is 0 Å². The molecule has 0 aromatic rings. The zero-order valence-corrected chi connectivity index (χ0v) is 17.8. The molecule has 0 spiro atoms. The van der Waals surface area contributed by atoms with E-state index in [1.54, 1.807) is 32.7 Å².